The van der Waals surface area contributed by atoms with Crippen molar-refractivity contribution in [2.45, 2.75) is 6.54 Å². The van der Waals surface area contributed by atoms with Gasteiger partial charge in [-0.2, -0.15) is 0 Å². The van der Waals surface area contributed by atoms with Gasteiger partial charge >= 0.3 is 0 Å². The third-order valence-electron chi connectivity index (χ3n) is 6.22. The van der Waals surface area contributed by atoms with Crippen LogP contribution in [0.25, 0.3) is 11.0 Å². The average Bonchev–Trinajstić information content (AvgIpc) is 2.88. The number of phenols is 1. The van der Waals surface area contributed by atoms with Crippen LogP contribution >= 0.6 is 0 Å². The maximum atomic E-state index is 14.1. The number of hydrogen-bond donors (Lipinski definition) is 1. The third-order valence-corrected chi connectivity index (χ3v) is 6.22. The van der Waals surface area contributed by atoms with Crippen molar-refractivity contribution >= 4 is 16.7 Å². The Bertz CT molecular complexity index is 1410. The van der Waals surface area contributed by atoms with Crippen molar-refractivity contribution in [2.24, 2.45) is 0 Å². The molecule has 1 aromatic heterocycles. The quantitative estimate of drug-likeness (QED) is 0.430. The van der Waals surface area contributed by atoms with E-state index in [2.05, 4.69) is 4.90 Å². The number of para-hydroxylation sites is 3. The molecule has 1 aliphatic rings. The molecule has 0 saturated carbocycles. The number of aromatic hydroxyl groups is 1. The Labute approximate surface area is 201 Å². The summed E-state index contributed by atoms with van der Waals surface area (Å²) in [5.41, 5.74) is 1.10. The van der Waals surface area contributed by atoms with E-state index in [9.17, 15) is 14.3 Å². The highest BCUT2D eigenvalue weighted by atomic mass is 19.1. The predicted molar refractivity (Wildman–Crippen MR) is 131 cm³/mol. The molecule has 0 amide bonds. The van der Waals surface area contributed by atoms with E-state index in [0.717, 1.165) is 0 Å². The van der Waals surface area contributed by atoms with E-state index in [1.807, 2.05) is 11.0 Å². The number of phenolic OH excluding ortho intramolecular Hbond substituents is 1. The molecule has 35 heavy (non-hydrogen) atoms. The Morgan fingerprint density at radius 3 is 2.40 bits per heavy atom. The Morgan fingerprint density at radius 1 is 0.943 bits per heavy atom. The van der Waals surface area contributed by atoms with E-state index in [0.29, 0.717) is 66.4 Å². The standard InChI is InChI=1S/C27H25FN2O5/c1-33-23-8-4-5-9-24(23)35-25-17-34-27-18(26(25)32)10-11-22(31)19(27)16-29-12-14-30(15-13-29)21-7-3-2-6-20(21)28/h2-11,17,31H,12-16H2,1H3. The van der Waals surface area contributed by atoms with E-state index in [1.54, 1.807) is 36.4 Å². The summed E-state index contributed by atoms with van der Waals surface area (Å²) in [6.07, 6.45) is 1.26. The van der Waals surface area contributed by atoms with Crippen LogP contribution in [0.15, 0.2) is 76.1 Å². The van der Waals surface area contributed by atoms with Gasteiger partial charge in [0.05, 0.1) is 23.7 Å². The van der Waals surface area contributed by atoms with E-state index < -0.39 is 0 Å². The van der Waals surface area contributed by atoms with Crippen LogP contribution in [0.2, 0.25) is 0 Å². The zero-order chi connectivity index (χ0) is 24.4. The van der Waals surface area contributed by atoms with Gasteiger partial charge in [0.15, 0.2) is 11.5 Å². The molecule has 3 aromatic carbocycles. The summed E-state index contributed by atoms with van der Waals surface area (Å²) >= 11 is 0. The Kier molecular flexibility index (Phi) is 6.29. The zero-order valence-corrected chi connectivity index (χ0v) is 19.2. The summed E-state index contributed by atoms with van der Waals surface area (Å²) in [6, 6.07) is 16.8. The molecule has 0 radical (unpaired) electrons. The topological polar surface area (TPSA) is 75.4 Å². The van der Waals surface area contributed by atoms with Crippen molar-refractivity contribution in [3.05, 3.63) is 88.5 Å². The first kappa shape index (κ1) is 22.7. The normalized spacial score (nSPS) is 14.3. The molecule has 0 bridgehead atoms. The molecule has 180 valence electrons. The van der Waals surface area contributed by atoms with Gasteiger partial charge in [0.2, 0.25) is 11.2 Å². The molecule has 0 atom stereocenters. The largest absolute Gasteiger partial charge is 0.507 e. The van der Waals surface area contributed by atoms with Crippen molar-refractivity contribution in [3.63, 3.8) is 0 Å². The second-order valence-electron chi connectivity index (χ2n) is 8.34. The molecule has 7 nitrogen and oxygen atoms in total. The van der Waals surface area contributed by atoms with Crippen LogP contribution in [-0.2, 0) is 6.54 Å². The maximum Gasteiger partial charge on any atom is 0.235 e. The lowest BCUT2D eigenvalue weighted by Gasteiger charge is -2.36. The first-order valence-electron chi connectivity index (χ1n) is 11.3. The van der Waals surface area contributed by atoms with Crippen LogP contribution in [0.5, 0.6) is 23.0 Å². The Hall–Kier alpha value is -4.04. The number of rotatable bonds is 6. The maximum absolute atomic E-state index is 14.1. The number of hydrogen-bond acceptors (Lipinski definition) is 7. The van der Waals surface area contributed by atoms with Gasteiger partial charge in [-0.25, -0.2) is 4.39 Å². The van der Waals surface area contributed by atoms with Gasteiger partial charge in [0.1, 0.15) is 23.4 Å². The second-order valence-corrected chi connectivity index (χ2v) is 8.34. The van der Waals surface area contributed by atoms with Crippen LogP contribution in [0.3, 0.4) is 0 Å². The van der Waals surface area contributed by atoms with Crippen LogP contribution in [0.4, 0.5) is 10.1 Å². The van der Waals surface area contributed by atoms with Crippen LogP contribution in [0.1, 0.15) is 5.56 Å². The van der Waals surface area contributed by atoms with Crippen LogP contribution in [-0.4, -0.2) is 43.3 Å². The molecular formula is C27H25FN2O5. The Balaban J connectivity index is 1.37. The molecule has 0 unspecified atom stereocenters. The minimum atomic E-state index is -0.345. The molecule has 5 rings (SSSR count). The van der Waals surface area contributed by atoms with Crippen LogP contribution in [0, 0.1) is 5.82 Å². The molecule has 1 N–H and O–H groups in total. The number of benzene rings is 3. The molecular weight excluding hydrogens is 451 g/mol. The fourth-order valence-electron chi connectivity index (χ4n) is 4.35. The highest BCUT2D eigenvalue weighted by molar-refractivity contribution is 5.83. The van der Waals surface area contributed by atoms with Crippen molar-refractivity contribution in [1.82, 2.24) is 4.90 Å². The van der Waals surface area contributed by atoms with Crippen molar-refractivity contribution < 1.29 is 23.4 Å². The van der Waals surface area contributed by atoms with Crippen molar-refractivity contribution in [3.8, 4) is 23.0 Å². The predicted octanol–water partition coefficient (Wildman–Crippen LogP) is 4.76. The molecule has 0 spiro atoms. The van der Waals surface area contributed by atoms with Gasteiger partial charge in [0.25, 0.3) is 0 Å². The van der Waals surface area contributed by atoms with Crippen molar-refractivity contribution in [1.29, 1.82) is 0 Å². The zero-order valence-electron chi connectivity index (χ0n) is 19.2. The fraction of sp³-hybridized carbons (Fsp3) is 0.222. The lowest BCUT2D eigenvalue weighted by Crippen LogP contribution is -2.46. The summed E-state index contributed by atoms with van der Waals surface area (Å²) in [4.78, 5) is 17.3. The van der Waals surface area contributed by atoms with Gasteiger partial charge in [-0.3, -0.25) is 9.69 Å². The number of ether oxygens (including phenoxy) is 2. The van der Waals surface area contributed by atoms with E-state index in [-0.39, 0.29) is 22.7 Å². The number of piperazine rings is 1. The highest BCUT2D eigenvalue weighted by Gasteiger charge is 2.23. The summed E-state index contributed by atoms with van der Waals surface area (Å²) < 4.78 is 31.0. The average molecular weight is 477 g/mol. The lowest BCUT2D eigenvalue weighted by molar-refractivity contribution is 0.246. The third kappa shape index (κ3) is 4.52. The number of methoxy groups -OCH3 is 1. The number of anilines is 1. The summed E-state index contributed by atoms with van der Waals surface area (Å²) in [5, 5.41) is 10.9. The van der Waals surface area contributed by atoms with E-state index in [4.69, 9.17) is 13.9 Å². The second kappa shape index (κ2) is 9.68. The van der Waals surface area contributed by atoms with Gasteiger partial charge < -0.3 is 23.9 Å². The first-order chi connectivity index (χ1) is 17.0. The smallest absolute Gasteiger partial charge is 0.235 e. The number of fused-ring (bicyclic) bond motifs is 1. The van der Waals surface area contributed by atoms with Crippen molar-refractivity contribution in [2.75, 3.05) is 38.2 Å². The number of nitrogens with zero attached hydrogens (tertiary/aromatic N) is 2. The Morgan fingerprint density at radius 2 is 1.66 bits per heavy atom. The van der Waals surface area contributed by atoms with E-state index in [1.165, 1.54) is 31.6 Å². The molecule has 1 aliphatic heterocycles. The van der Waals surface area contributed by atoms with Gasteiger partial charge in [-0.15, -0.1) is 0 Å². The molecule has 1 saturated heterocycles. The minimum absolute atomic E-state index is 0.0251. The fourth-order valence-corrected chi connectivity index (χ4v) is 4.35. The molecule has 8 heteroatoms. The van der Waals surface area contributed by atoms with Gasteiger partial charge in [-0.05, 0) is 36.4 Å². The molecule has 4 aromatic rings. The first-order valence-corrected chi connectivity index (χ1v) is 11.3. The lowest BCUT2D eigenvalue weighted by atomic mass is 10.1. The minimum Gasteiger partial charge on any atom is -0.507 e. The molecule has 2 heterocycles. The highest BCUT2D eigenvalue weighted by Crippen LogP contribution is 2.33. The van der Waals surface area contributed by atoms with Crippen LogP contribution < -0.4 is 19.8 Å². The summed E-state index contributed by atoms with van der Waals surface area (Å²) in [5.74, 6) is 0.731. The SMILES string of the molecule is COc1ccccc1Oc1coc2c(CN3CCN(c4ccccc4F)CC3)c(O)ccc2c1=O. The molecule has 0 aliphatic carbocycles. The van der Waals surface area contributed by atoms with E-state index >= 15 is 0 Å². The summed E-state index contributed by atoms with van der Waals surface area (Å²) in [7, 11) is 1.52. The van der Waals surface area contributed by atoms with Gasteiger partial charge in [0, 0.05) is 32.7 Å². The molecule has 1 fully saturated rings. The number of halogens is 1. The summed E-state index contributed by atoms with van der Waals surface area (Å²) in [6.45, 7) is 3.03. The van der Waals surface area contributed by atoms with Gasteiger partial charge in [-0.1, -0.05) is 24.3 Å². The monoisotopic (exact) mass is 476 g/mol.